The van der Waals surface area contributed by atoms with Crippen LogP contribution in [0.4, 0.5) is 0 Å². The summed E-state index contributed by atoms with van der Waals surface area (Å²) in [5.41, 5.74) is 5.20. The normalized spacial score (nSPS) is 11.1. The molecule has 1 N–H and O–H groups in total. The summed E-state index contributed by atoms with van der Waals surface area (Å²) in [6.45, 7) is 9.55. The van der Waals surface area contributed by atoms with E-state index in [1.54, 1.807) is 7.11 Å². The molecule has 1 aromatic rings. The average molecular weight is 264 g/mol. The number of ether oxygens (including phenoxy) is 1. The zero-order chi connectivity index (χ0) is 14.4. The lowest BCUT2D eigenvalue weighted by molar-refractivity contribution is 0.311. The Bertz CT molecular complexity index is 416. The molecule has 0 aliphatic heterocycles. The van der Waals surface area contributed by atoms with Gasteiger partial charge >= 0.3 is 0 Å². The van der Waals surface area contributed by atoms with Gasteiger partial charge in [0.2, 0.25) is 0 Å². The van der Waals surface area contributed by atoms with Crippen molar-refractivity contribution in [1.29, 1.82) is 0 Å². The lowest BCUT2D eigenvalue weighted by atomic mass is 9.98. The maximum Gasteiger partial charge on any atom is 0.126 e. The Labute approximate surface area is 118 Å². The van der Waals surface area contributed by atoms with Crippen LogP contribution in [0.15, 0.2) is 6.07 Å². The van der Waals surface area contributed by atoms with Crippen molar-refractivity contribution in [3.63, 3.8) is 0 Å². The van der Waals surface area contributed by atoms with Crippen molar-refractivity contribution in [3.8, 4) is 5.75 Å². The Morgan fingerprint density at radius 1 is 1.21 bits per heavy atom. The summed E-state index contributed by atoms with van der Waals surface area (Å²) in [5, 5.41) is 3.19. The second-order valence-corrected chi connectivity index (χ2v) is 5.34. The summed E-state index contributed by atoms with van der Waals surface area (Å²) in [6, 6.07) is 2.26. The molecule has 0 atom stereocenters. The van der Waals surface area contributed by atoms with Gasteiger partial charge in [0.05, 0.1) is 7.11 Å². The van der Waals surface area contributed by atoms with Crippen LogP contribution in [-0.2, 0) is 6.54 Å². The first-order valence-electron chi connectivity index (χ1n) is 6.98. The zero-order valence-electron chi connectivity index (χ0n) is 13.3. The number of aryl methyl sites for hydroxylation is 2. The number of benzene rings is 1. The van der Waals surface area contributed by atoms with Crippen LogP contribution in [0.5, 0.6) is 5.75 Å². The van der Waals surface area contributed by atoms with Crippen molar-refractivity contribution >= 4 is 0 Å². The summed E-state index contributed by atoms with van der Waals surface area (Å²) in [7, 11) is 5.94. The van der Waals surface area contributed by atoms with E-state index in [1.165, 1.54) is 28.7 Å². The van der Waals surface area contributed by atoms with E-state index in [9.17, 15) is 0 Å². The van der Waals surface area contributed by atoms with Gasteiger partial charge in [-0.3, -0.25) is 0 Å². The summed E-state index contributed by atoms with van der Waals surface area (Å²) < 4.78 is 5.63. The molecule has 108 valence electrons. The van der Waals surface area contributed by atoms with Gasteiger partial charge in [0, 0.05) is 12.1 Å². The SMILES string of the molecule is CNCCCN(C)Cc1c(C)cc(C)c(C)c1OC. The lowest BCUT2D eigenvalue weighted by Crippen LogP contribution is -2.23. The highest BCUT2D eigenvalue weighted by atomic mass is 16.5. The van der Waals surface area contributed by atoms with Gasteiger partial charge in [0.15, 0.2) is 0 Å². The van der Waals surface area contributed by atoms with Gasteiger partial charge in [-0.1, -0.05) is 6.07 Å². The predicted molar refractivity (Wildman–Crippen MR) is 82.1 cm³/mol. The van der Waals surface area contributed by atoms with E-state index in [-0.39, 0.29) is 0 Å². The van der Waals surface area contributed by atoms with Crippen LogP contribution in [0.25, 0.3) is 0 Å². The maximum absolute atomic E-state index is 5.63. The van der Waals surface area contributed by atoms with Gasteiger partial charge in [-0.05, 0) is 71.1 Å². The standard InChI is InChI=1S/C16H28N2O/c1-12-10-13(2)15(16(19-6)14(12)3)11-18(5)9-7-8-17-4/h10,17H,7-9,11H2,1-6H3. The molecule has 0 saturated carbocycles. The number of rotatable bonds is 7. The van der Waals surface area contributed by atoms with Crippen molar-refractivity contribution in [2.75, 3.05) is 34.3 Å². The summed E-state index contributed by atoms with van der Waals surface area (Å²) in [5.74, 6) is 1.05. The largest absolute Gasteiger partial charge is 0.496 e. The topological polar surface area (TPSA) is 24.5 Å². The molecule has 0 saturated heterocycles. The molecule has 0 aromatic heterocycles. The highest BCUT2D eigenvalue weighted by molar-refractivity contribution is 5.49. The fourth-order valence-electron chi connectivity index (χ4n) is 2.45. The number of methoxy groups -OCH3 is 1. The first kappa shape index (κ1) is 16.0. The number of nitrogens with zero attached hydrogens (tertiary/aromatic N) is 1. The van der Waals surface area contributed by atoms with Crippen LogP contribution in [0.2, 0.25) is 0 Å². The molecule has 0 bridgehead atoms. The highest BCUT2D eigenvalue weighted by Gasteiger charge is 2.13. The van der Waals surface area contributed by atoms with Crippen LogP contribution in [0.3, 0.4) is 0 Å². The molecule has 1 aromatic carbocycles. The summed E-state index contributed by atoms with van der Waals surface area (Å²) in [4.78, 5) is 2.36. The second-order valence-electron chi connectivity index (χ2n) is 5.34. The highest BCUT2D eigenvalue weighted by Crippen LogP contribution is 2.30. The fourth-order valence-corrected chi connectivity index (χ4v) is 2.45. The number of hydrogen-bond donors (Lipinski definition) is 1. The minimum absolute atomic E-state index is 0.944. The lowest BCUT2D eigenvalue weighted by Gasteiger charge is -2.22. The number of nitrogens with one attached hydrogen (secondary N) is 1. The molecule has 1 rings (SSSR count). The predicted octanol–water partition coefficient (Wildman–Crippen LogP) is 2.66. The zero-order valence-corrected chi connectivity index (χ0v) is 13.3. The maximum atomic E-state index is 5.63. The molecule has 0 aliphatic rings. The van der Waals surface area contributed by atoms with E-state index in [2.05, 4.69) is 44.1 Å². The van der Waals surface area contributed by atoms with Crippen molar-refractivity contribution < 1.29 is 4.74 Å². The third-order valence-electron chi connectivity index (χ3n) is 3.71. The first-order valence-corrected chi connectivity index (χ1v) is 6.98. The minimum atomic E-state index is 0.944. The van der Waals surface area contributed by atoms with Crippen LogP contribution in [0.1, 0.15) is 28.7 Å². The molecular weight excluding hydrogens is 236 g/mol. The fraction of sp³-hybridized carbons (Fsp3) is 0.625. The van der Waals surface area contributed by atoms with Crippen molar-refractivity contribution in [3.05, 3.63) is 28.3 Å². The second kappa shape index (κ2) is 7.51. The average Bonchev–Trinajstić information content (AvgIpc) is 2.36. The quantitative estimate of drug-likeness (QED) is 0.766. The monoisotopic (exact) mass is 264 g/mol. The molecule has 0 fully saturated rings. The molecule has 0 aliphatic carbocycles. The third-order valence-corrected chi connectivity index (χ3v) is 3.71. The molecule has 0 spiro atoms. The minimum Gasteiger partial charge on any atom is -0.496 e. The van der Waals surface area contributed by atoms with Crippen LogP contribution >= 0.6 is 0 Å². The van der Waals surface area contributed by atoms with E-state index in [4.69, 9.17) is 4.74 Å². The van der Waals surface area contributed by atoms with Crippen LogP contribution in [0, 0.1) is 20.8 Å². The molecule has 19 heavy (non-hydrogen) atoms. The van der Waals surface area contributed by atoms with Gasteiger partial charge < -0.3 is 15.0 Å². The Morgan fingerprint density at radius 3 is 2.47 bits per heavy atom. The Morgan fingerprint density at radius 2 is 1.89 bits per heavy atom. The molecule has 3 heteroatoms. The molecule has 0 amide bonds. The van der Waals surface area contributed by atoms with E-state index >= 15 is 0 Å². The molecule has 0 radical (unpaired) electrons. The number of hydrogen-bond acceptors (Lipinski definition) is 3. The Balaban J connectivity index is 2.85. The van der Waals surface area contributed by atoms with Gasteiger partial charge in [-0.2, -0.15) is 0 Å². The van der Waals surface area contributed by atoms with Gasteiger partial charge in [0.1, 0.15) is 5.75 Å². The van der Waals surface area contributed by atoms with Crippen LogP contribution < -0.4 is 10.1 Å². The molecular formula is C16H28N2O. The van der Waals surface area contributed by atoms with E-state index in [0.717, 1.165) is 25.4 Å². The van der Waals surface area contributed by atoms with Crippen molar-refractivity contribution in [2.24, 2.45) is 0 Å². The molecule has 3 nitrogen and oxygen atoms in total. The van der Waals surface area contributed by atoms with E-state index in [1.807, 2.05) is 7.05 Å². The smallest absolute Gasteiger partial charge is 0.126 e. The van der Waals surface area contributed by atoms with E-state index < -0.39 is 0 Å². The van der Waals surface area contributed by atoms with E-state index in [0.29, 0.717) is 0 Å². The Hall–Kier alpha value is -1.06. The summed E-state index contributed by atoms with van der Waals surface area (Å²) in [6.07, 6.45) is 1.17. The van der Waals surface area contributed by atoms with Gasteiger partial charge in [-0.15, -0.1) is 0 Å². The summed E-state index contributed by atoms with van der Waals surface area (Å²) >= 11 is 0. The molecule has 0 heterocycles. The Kier molecular flexibility index (Phi) is 6.32. The van der Waals surface area contributed by atoms with Crippen LogP contribution in [-0.4, -0.2) is 39.2 Å². The first-order chi connectivity index (χ1) is 9.01. The third kappa shape index (κ3) is 4.22. The van der Waals surface area contributed by atoms with Crippen molar-refractivity contribution in [2.45, 2.75) is 33.7 Å². The van der Waals surface area contributed by atoms with Crippen molar-refractivity contribution in [1.82, 2.24) is 10.2 Å². The van der Waals surface area contributed by atoms with Gasteiger partial charge in [0.25, 0.3) is 0 Å². The molecule has 0 unspecified atom stereocenters. The van der Waals surface area contributed by atoms with Gasteiger partial charge in [-0.25, -0.2) is 0 Å².